The predicted molar refractivity (Wildman–Crippen MR) is 98.2 cm³/mol. The Morgan fingerprint density at radius 3 is 3.07 bits per heavy atom. The first-order valence-corrected chi connectivity index (χ1v) is 9.34. The summed E-state index contributed by atoms with van der Waals surface area (Å²) in [6, 6.07) is 5.59. The number of aliphatic hydroxyl groups excluding tert-OH is 2. The number of nitrogens with one attached hydrogen (secondary N) is 2. The largest absolute Gasteiger partial charge is 0.469 e. The zero-order chi connectivity index (χ0) is 19.2. The van der Waals surface area contributed by atoms with Crippen molar-refractivity contribution >= 4 is 23.3 Å². The molecule has 0 aromatic heterocycles. The molecule has 2 fully saturated rings. The van der Waals surface area contributed by atoms with Gasteiger partial charge in [-0.05, 0) is 44.0 Å². The molecule has 4 N–H and O–H groups in total. The Labute approximate surface area is 157 Å². The van der Waals surface area contributed by atoms with E-state index < -0.39 is 11.6 Å². The number of carbonyl (C=O) groups excluding carboxylic acids is 2. The van der Waals surface area contributed by atoms with E-state index in [2.05, 4.69) is 15.5 Å². The maximum Gasteiger partial charge on any atom is 0.310 e. The molecule has 3 heterocycles. The predicted octanol–water partition coefficient (Wildman–Crippen LogP) is 0.256. The fourth-order valence-electron chi connectivity index (χ4n) is 4.89. The molecular weight excluding hydrogens is 350 g/mol. The van der Waals surface area contributed by atoms with E-state index in [1.807, 2.05) is 18.2 Å². The number of esters is 1. The summed E-state index contributed by atoms with van der Waals surface area (Å²) in [7, 11) is 1.39. The molecule has 2 saturated heterocycles. The lowest BCUT2D eigenvalue weighted by Gasteiger charge is -2.33. The van der Waals surface area contributed by atoms with Crippen molar-refractivity contribution in [3.8, 4) is 0 Å². The number of benzene rings is 1. The van der Waals surface area contributed by atoms with Gasteiger partial charge in [0, 0.05) is 29.5 Å². The molecule has 4 rings (SSSR count). The number of hydrogen-bond acceptors (Lipinski definition) is 7. The molecule has 146 valence electrons. The molecule has 1 aromatic carbocycles. The highest BCUT2D eigenvalue weighted by molar-refractivity contribution is 6.07. The van der Waals surface area contributed by atoms with Gasteiger partial charge in [0.25, 0.3) is 0 Å². The van der Waals surface area contributed by atoms with E-state index >= 15 is 0 Å². The lowest BCUT2D eigenvalue weighted by molar-refractivity contribution is -0.146. The standard InChI is InChI=1S/C19H25N3O5/c1-27-17(25)13-8-19(22-6-2-3-16(13)22)14-7-11(20-9-12(24)10-23)4-5-15(14)21-18(19)26/h4-5,7,12-13,16,20,23-24H,2-3,6,8-10H2,1H3,(H,21,26). The number of nitrogens with zero attached hydrogens (tertiary/aromatic N) is 1. The molecule has 1 amide bonds. The zero-order valence-corrected chi connectivity index (χ0v) is 15.3. The summed E-state index contributed by atoms with van der Waals surface area (Å²) in [5, 5.41) is 24.6. The molecule has 4 unspecified atom stereocenters. The highest BCUT2D eigenvalue weighted by Crippen LogP contribution is 2.54. The SMILES string of the molecule is COC(=O)C1CC2(C(=O)Nc3ccc(NCC(O)CO)cc32)N2CCCC12. The second-order valence-corrected chi connectivity index (χ2v) is 7.53. The van der Waals surface area contributed by atoms with E-state index in [0.29, 0.717) is 6.42 Å². The maximum absolute atomic E-state index is 13.1. The van der Waals surface area contributed by atoms with Crippen LogP contribution in [0, 0.1) is 5.92 Å². The Balaban J connectivity index is 1.70. The monoisotopic (exact) mass is 375 g/mol. The molecule has 3 aliphatic rings. The highest BCUT2D eigenvalue weighted by Gasteiger charge is 2.63. The summed E-state index contributed by atoms with van der Waals surface area (Å²) in [5.74, 6) is -0.671. The van der Waals surface area contributed by atoms with Crippen LogP contribution >= 0.6 is 0 Å². The van der Waals surface area contributed by atoms with E-state index in [-0.39, 0.29) is 37.0 Å². The third kappa shape index (κ3) is 2.70. The summed E-state index contributed by atoms with van der Waals surface area (Å²) in [5.41, 5.74) is 1.51. The highest BCUT2D eigenvalue weighted by atomic mass is 16.5. The summed E-state index contributed by atoms with van der Waals surface area (Å²) < 4.78 is 5.01. The van der Waals surface area contributed by atoms with Crippen LogP contribution in [-0.2, 0) is 19.9 Å². The van der Waals surface area contributed by atoms with Gasteiger partial charge in [-0.1, -0.05) is 0 Å². The number of amides is 1. The van der Waals surface area contributed by atoms with E-state index in [1.165, 1.54) is 7.11 Å². The fraction of sp³-hybridized carbons (Fsp3) is 0.579. The Morgan fingerprint density at radius 2 is 2.33 bits per heavy atom. The van der Waals surface area contributed by atoms with Gasteiger partial charge in [0.1, 0.15) is 5.54 Å². The van der Waals surface area contributed by atoms with Crippen molar-refractivity contribution in [3.05, 3.63) is 23.8 Å². The van der Waals surface area contributed by atoms with Crippen LogP contribution in [0.15, 0.2) is 18.2 Å². The first-order chi connectivity index (χ1) is 13.0. The summed E-state index contributed by atoms with van der Waals surface area (Å²) in [6.07, 6.45) is 1.38. The molecule has 3 aliphatic heterocycles. The van der Waals surface area contributed by atoms with Gasteiger partial charge in [-0.2, -0.15) is 0 Å². The first kappa shape index (κ1) is 18.2. The van der Waals surface area contributed by atoms with Gasteiger partial charge >= 0.3 is 5.97 Å². The van der Waals surface area contributed by atoms with Crippen LogP contribution < -0.4 is 10.6 Å². The van der Waals surface area contributed by atoms with Gasteiger partial charge < -0.3 is 25.6 Å². The van der Waals surface area contributed by atoms with E-state index in [9.17, 15) is 14.7 Å². The Bertz CT molecular complexity index is 770. The second kappa shape index (κ2) is 6.78. The van der Waals surface area contributed by atoms with Crippen molar-refractivity contribution in [2.24, 2.45) is 5.92 Å². The van der Waals surface area contributed by atoms with E-state index in [0.717, 1.165) is 36.3 Å². The minimum atomic E-state index is -0.858. The number of methoxy groups -OCH3 is 1. The van der Waals surface area contributed by atoms with Crippen molar-refractivity contribution in [3.63, 3.8) is 0 Å². The van der Waals surface area contributed by atoms with Gasteiger partial charge in [-0.15, -0.1) is 0 Å². The molecule has 8 heteroatoms. The molecule has 27 heavy (non-hydrogen) atoms. The van der Waals surface area contributed by atoms with Crippen LogP contribution in [-0.4, -0.2) is 65.9 Å². The minimum absolute atomic E-state index is 0.0157. The molecule has 0 bridgehead atoms. The number of carbonyl (C=O) groups is 2. The quantitative estimate of drug-likeness (QED) is 0.546. The van der Waals surface area contributed by atoms with Crippen LogP contribution in [0.1, 0.15) is 24.8 Å². The van der Waals surface area contributed by atoms with Gasteiger partial charge in [-0.3, -0.25) is 14.5 Å². The maximum atomic E-state index is 13.1. The van der Waals surface area contributed by atoms with E-state index in [4.69, 9.17) is 9.84 Å². The number of hydrogen-bond donors (Lipinski definition) is 4. The Hall–Kier alpha value is -2.16. The number of aliphatic hydroxyl groups is 2. The van der Waals surface area contributed by atoms with Crippen LogP contribution in [0.2, 0.25) is 0 Å². The van der Waals surface area contributed by atoms with Crippen molar-refractivity contribution < 1.29 is 24.5 Å². The van der Waals surface area contributed by atoms with Crippen molar-refractivity contribution in [2.75, 3.05) is 37.4 Å². The van der Waals surface area contributed by atoms with Crippen molar-refractivity contribution in [2.45, 2.75) is 36.9 Å². The van der Waals surface area contributed by atoms with Gasteiger partial charge in [-0.25, -0.2) is 0 Å². The minimum Gasteiger partial charge on any atom is -0.469 e. The number of ether oxygens (including phenoxy) is 1. The molecule has 1 aromatic rings. The molecule has 0 saturated carbocycles. The summed E-state index contributed by atoms with van der Waals surface area (Å²) >= 11 is 0. The normalized spacial score (nSPS) is 30.1. The van der Waals surface area contributed by atoms with Crippen molar-refractivity contribution in [1.82, 2.24) is 4.90 Å². The number of rotatable bonds is 5. The lowest BCUT2D eigenvalue weighted by atomic mass is 9.84. The van der Waals surface area contributed by atoms with Crippen LogP contribution in [0.3, 0.4) is 0 Å². The van der Waals surface area contributed by atoms with Gasteiger partial charge in [0.05, 0.1) is 25.7 Å². The Morgan fingerprint density at radius 1 is 1.52 bits per heavy atom. The smallest absolute Gasteiger partial charge is 0.310 e. The zero-order valence-electron chi connectivity index (χ0n) is 15.3. The van der Waals surface area contributed by atoms with Crippen LogP contribution in [0.25, 0.3) is 0 Å². The number of anilines is 2. The topological polar surface area (TPSA) is 111 Å². The van der Waals surface area contributed by atoms with Crippen LogP contribution in [0.5, 0.6) is 0 Å². The first-order valence-electron chi connectivity index (χ1n) is 9.34. The summed E-state index contributed by atoms with van der Waals surface area (Å²) in [6.45, 7) is 0.658. The Kier molecular flexibility index (Phi) is 4.57. The molecule has 8 nitrogen and oxygen atoms in total. The average Bonchev–Trinajstić information content (AvgIpc) is 3.34. The van der Waals surface area contributed by atoms with E-state index in [1.54, 1.807) is 0 Å². The lowest BCUT2D eigenvalue weighted by Crippen LogP contribution is -2.47. The van der Waals surface area contributed by atoms with Gasteiger partial charge in [0.15, 0.2) is 0 Å². The number of fused-ring (bicyclic) bond motifs is 4. The molecular formula is C19H25N3O5. The fourth-order valence-corrected chi connectivity index (χ4v) is 4.89. The van der Waals surface area contributed by atoms with Gasteiger partial charge in [0.2, 0.25) is 5.91 Å². The third-order valence-electron chi connectivity index (χ3n) is 6.11. The third-order valence-corrected chi connectivity index (χ3v) is 6.11. The van der Waals surface area contributed by atoms with Crippen molar-refractivity contribution in [1.29, 1.82) is 0 Å². The molecule has 4 atom stereocenters. The second-order valence-electron chi connectivity index (χ2n) is 7.53. The molecule has 0 aliphatic carbocycles. The molecule has 0 radical (unpaired) electrons. The summed E-state index contributed by atoms with van der Waals surface area (Å²) in [4.78, 5) is 27.6. The molecule has 1 spiro atoms. The average molecular weight is 375 g/mol. The van der Waals surface area contributed by atoms with Crippen LogP contribution in [0.4, 0.5) is 11.4 Å².